The molecule has 0 unspecified atom stereocenters. The van der Waals surface area contributed by atoms with Crippen LogP contribution in [-0.4, -0.2) is 49.2 Å². The fraction of sp³-hybridized carbons (Fsp3) is 0.103. The van der Waals surface area contributed by atoms with Gasteiger partial charge in [-0.25, -0.2) is 9.78 Å². The molecule has 5 rings (SSSR count). The molecule has 3 aromatic carbocycles. The molecule has 2 aromatic heterocycles. The highest BCUT2D eigenvalue weighted by Crippen LogP contribution is 2.29. The first-order valence-electron chi connectivity index (χ1n) is 12.4. The summed E-state index contributed by atoms with van der Waals surface area (Å²) in [6.45, 7) is 0. The maximum absolute atomic E-state index is 13.2. The summed E-state index contributed by atoms with van der Waals surface area (Å²) in [7, 11) is 1.33. The quantitative estimate of drug-likeness (QED) is 0.178. The molecule has 0 saturated carbocycles. The van der Waals surface area contributed by atoms with Gasteiger partial charge in [0.05, 0.1) is 24.4 Å². The van der Waals surface area contributed by atoms with Crippen LogP contribution in [0.15, 0.2) is 85.2 Å². The van der Waals surface area contributed by atoms with E-state index in [0.717, 1.165) is 5.56 Å². The molecule has 1 amide bonds. The van der Waals surface area contributed by atoms with Gasteiger partial charge in [0, 0.05) is 22.2 Å². The Labute approximate surface area is 245 Å². The molecule has 12 heteroatoms. The molecule has 0 aliphatic heterocycles. The molecular formula is C29H23Cl2N7O3. The molecule has 0 spiro atoms. The second kappa shape index (κ2) is 12.6. The Morgan fingerprint density at radius 3 is 2.56 bits per heavy atom. The molecule has 0 bridgehead atoms. The summed E-state index contributed by atoms with van der Waals surface area (Å²) in [6.07, 6.45) is 4.96. The van der Waals surface area contributed by atoms with E-state index in [9.17, 15) is 9.59 Å². The number of carbonyl (C=O) groups excluding carboxylic acids is 2. The van der Waals surface area contributed by atoms with Gasteiger partial charge in [-0.3, -0.25) is 4.79 Å². The van der Waals surface area contributed by atoms with Crippen LogP contribution >= 0.6 is 23.2 Å². The zero-order chi connectivity index (χ0) is 28.8. The van der Waals surface area contributed by atoms with Crippen LogP contribution in [0.4, 0.5) is 0 Å². The van der Waals surface area contributed by atoms with Crippen molar-refractivity contribution in [1.29, 1.82) is 0 Å². The van der Waals surface area contributed by atoms with Crippen LogP contribution in [0.2, 0.25) is 10.2 Å². The molecular weight excluding hydrogens is 565 g/mol. The number of aromatic nitrogens is 6. The lowest BCUT2D eigenvalue weighted by Gasteiger charge is -2.16. The largest absolute Gasteiger partial charge is 0.465 e. The van der Waals surface area contributed by atoms with Gasteiger partial charge in [0.1, 0.15) is 23.0 Å². The van der Waals surface area contributed by atoms with E-state index in [1.807, 2.05) is 30.3 Å². The smallest absolute Gasteiger partial charge is 0.337 e. The van der Waals surface area contributed by atoms with Crippen molar-refractivity contribution in [2.45, 2.75) is 12.5 Å². The first-order valence-corrected chi connectivity index (χ1v) is 13.2. The van der Waals surface area contributed by atoms with Crippen LogP contribution in [0.25, 0.3) is 23.0 Å². The van der Waals surface area contributed by atoms with Crippen molar-refractivity contribution in [3.8, 4) is 16.9 Å². The minimum atomic E-state index is -0.534. The van der Waals surface area contributed by atoms with Crippen molar-refractivity contribution in [3.63, 3.8) is 0 Å². The third-order valence-electron chi connectivity index (χ3n) is 6.19. The lowest BCUT2D eigenvalue weighted by atomic mass is 10.1. The number of tetrazole rings is 1. The SMILES string of the molecule is COC(=O)c1ccc(-c2nc([C@H](Cc3ccccc3)NC(=O)/C=C/c3cc(Cl)ccc3-n3cnnn3)[nH]c2Cl)cc1. The highest BCUT2D eigenvalue weighted by molar-refractivity contribution is 6.32. The average molecular weight is 588 g/mol. The van der Waals surface area contributed by atoms with Gasteiger partial charge >= 0.3 is 5.97 Å². The zero-order valence-electron chi connectivity index (χ0n) is 21.7. The summed E-state index contributed by atoms with van der Waals surface area (Å²) >= 11 is 12.8. The zero-order valence-corrected chi connectivity index (χ0v) is 23.2. The predicted octanol–water partition coefficient (Wildman–Crippen LogP) is 5.26. The Bertz CT molecular complexity index is 1690. The van der Waals surface area contributed by atoms with Crippen molar-refractivity contribution in [3.05, 3.63) is 118 Å². The number of nitrogens with zero attached hydrogens (tertiary/aromatic N) is 5. The van der Waals surface area contributed by atoms with Gasteiger partial charge in [-0.15, -0.1) is 5.10 Å². The molecule has 41 heavy (non-hydrogen) atoms. The molecule has 0 aliphatic carbocycles. The maximum Gasteiger partial charge on any atom is 0.337 e. The first-order chi connectivity index (χ1) is 19.9. The minimum Gasteiger partial charge on any atom is -0.465 e. The number of hydrogen-bond donors (Lipinski definition) is 2. The van der Waals surface area contributed by atoms with Gasteiger partial charge in [-0.2, -0.15) is 4.68 Å². The van der Waals surface area contributed by atoms with Crippen LogP contribution in [0, 0.1) is 0 Å². The Kier molecular flexibility index (Phi) is 8.52. The molecule has 10 nitrogen and oxygen atoms in total. The van der Waals surface area contributed by atoms with Gasteiger partial charge < -0.3 is 15.0 Å². The number of halogens is 2. The summed E-state index contributed by atoms with van der Waals surface area (Å²) in [5.74, 6) is -0.318. The van der Waals surface area contributed by atoms with Gasteiger partial charge in [0.25, 0.3) is 0 Å². The number of carbonyl (C=O) groups is 2. The summed E-state index contributed by atoms with van der Waals surface area (Å²) in [5.41, 5.74) is 3.90. The molecule has 2 N–H and O–H groups in total. The van der Waals surface area contributed by atoms with Crippen molar-refractivity contribution in [2.24, 2.45) is 0 Å². The number of rotatable bonds is 9. The van der Waals surface area contributed by atoms with Crippen molar-refractivity contribution in [2.75, 3.05) is 7.11 Å². The summed E-state index contributed by atoms with van der Waals surface area (Å²) in [6, 6.07) is 21.1. The number of benzene rings is 3. The molecule has 0 saturated heterocycles. The van der Waals surface area contributed by atoms with E-state index in [1.54, 1.807) is 48.5 Å². The molecule has 206 valence electrons. The van der Waals surface area contributed by atoms with E-state index >= 15 is 0 Å². The fourth-order valence-corrected chi connectivity index (χ4v) is 4.63. The van der Waals surface area contributed by atoms with E-state index in [4.69, 9.17) is 32.9 Å². The van der Waals surface area contributed by atoms with Gasteiger partial charge in [-0.05, 0) is 58.8 Å². The second-order valence-electron chi connectivity index (χ2n) is 8.90. The number of imidazole rings is 1. The first kappa shape index (κ1) is 27.8. The van der Waals surface area contributed by atoms with Crippen molar-refractivity contribution >= 4 is 41.2 Å². The lowest BCUT2D eigenvalue weighted by molar-refractivity contribution is -0.117. The molecule has 0 fully saturated rings. The van der Waals surface area contributed by atoms with E-state index in [-0.39, 0.29) is 5.91 Å². The Balaban J connectivity index is 1.41. The van der Waals surface area contributed by atoms with Crippen molar-refractivity contribution in [1.82, 2.24) is 35.5 Å². The second-order valence-corrected chi connectivity index (χ2v) is 9.71. The third-order valence-corrected chi connectivity index (χ3v) is 6.69. The van der Waals surface area contributed by atoms with Gasteiger partial charge in [0.2, 0.25) is 5.91 Å². The number of methoxy groups -OCH3 is 1. The van der Waals surface area contributed by atoms with Crippen LogP contribution in [-0.2, 0) is 16.0 Å². The molecule has 2 heterocycles. The van der Waals surface area contributed by atoms with Crippen LogP contribution < -0.4 is 5.32 Å². The molecule has 5 aromatic rings. The Hall–Kier alpha value is -4.80. The van der Waals surface area contributed by atoms with E-state index in [0.29, 0.717) is 50.5 Å². The van der Waals surface area contributed by atoms with Crippen LogP contribution in [0.5, 0.6) is 0 Å². The number of esters is 1. The summed E-state index contributed by atoms with van der Waals surface area (Å²) in [4.78, 5) is 32.8. The van der Waals surface area contributed by atoms with Gasteiger partial charge in [0.15, 0.2) is 0 Å². The molecule has 0 aliphatic rings. The minimum absolute atomic E-state index is 0.304. The highest BCUT2D eigenvalue weighted by Gasteiger charge is 2.21. The Morgan fingerprint density at radius 2 is 1.85 bits per heavy atom. The number of hydrogen-bond acceptors (Lipinski definition) is 7. The normalized spacial score (nSPS) is 11.9. The summed E-state index contributed by atoms with van der Waals surface area (Å²) in [5, 5.41) is 15.1. The topological polar surface area (TPSA) is 128 Å². The van der Waals surface area contributed by atoms with Crippen molar-refractivity contribution < 1.29 is 14.3 Å². The number of aromatic amines is 1. The Morgan fingerprint density at radius 1 is 1.07 bits per heavy atom. The predicted molar refractivity (Wildman–Crippen MR) is 155 cm³/mol. The lowest BCUT2D eigenvalue weighted by Crippen LogP contribution is -2.29. The number of nitrogens with one attached hydrogen (secondary N) is 2. The monoisotopic (exact) mass is 587 g/mol. The highest BCUT2D eigenvalue weighted by atomic mass is 35.5. The van der Waals surface area contributed by atoms with E-state index in [1.165, 1.54) is 24.2 Å². The maximum atomic E-state index is 13.2. The van der Waals surface area contributed by atoms with E-state index in [2.05, 4.69) is 25.8 Å². The standard InChI is InChI=1S/C29H23Cl2N7O3/c1-41-29(40)20-9-7-19(8-10-20)26-27(31)35-28(34-26)23(15-18-5-3-2-4-6-18)33-25(39)14-11-21-16-22(30)12-13-24(21)38-17-32-36-37-38/h2-14,16-17,23H,15H2,1H3,(H,33,39)(H,34,35)/b14-11+/t23-/m0/s1. The van der Waals surface area contributed by atoms with Gasteiger partial charge in [-0.1, -0.05) is 65.7 Å². The molecule has 0 radical (unpaired) electrons. The summed E-state index contributed by atoms with van der Waals surface area (Å²) < 4.78 is 6.25. The molecule has 1 atom stereocenters. The fourth-order valence-electron chi connectivity index (χ4n) is 4.20. The average Bonchev–Trinajstić information content (AvgIpc) is 3.66. The van der Waals surface area contributed by atoms with Crippen LogP contribution in [0.3, 0.4) is 0 Å². The number of amides is 1. The number of ether oxygens (including phenoxy) is 1. The van der Waals surface area contributed by atoms with Crippen LogP contribution in [0.1, 0.15) is 33.4 Å². The number of H-pyrrole nitrogens is 1. The van der Waals surface area contributed by atoms with E-state index < -0.39 is 12.0 Å². The third kappa shape index (κ3) is 6.68.